The Balaban J connectivity index is 1.51. The number of rotatable bonds is 6. The zero-order valence-electron chi connectivity index (χ0n) is 16.7. The Morgan fingerprint density at radius 2 is 1.94 bits per heavy atom. The topological polar surface area (TPSA) is 105 Å². The number of carbonyl (C=O) groups excluding carboxylic acids is 2. The van der Waals surface area contributed by atoms with Crippen LogP contribution in [-0.2, 0) is 9.59 Å². The second kappa shape index (κ2) is 8.61. The van der Waals surface area contributed by atoms with Gasteiger partial charge < -0.3 is 20.5 Å². The molecule has 2 amide bonds. The third-order valence-corrected chi connectivity index (χ3v) is 5.94. The van der Waals surface area contributed by atoms with Crippen molar-refractivity contribution in [3.8, 4) is 11.5 Å². The van der Waals surface area contributed by atoms with E-state index in [1.54, 1.807) is 24.3 Å². The number of amides is 2. The number of anilines is 2. The Kier molecular flexibility index (Phi) is 5.73. The highest BCUT2D eigenvalue weighted by atomic mass is 32.1. The quantitative estimate of drug-likeness (QED) is 0.504. The fraction of sp³-hybridized carbons (Fsp3) is 0.174. The number of hydrogen-bond acceptors (Lipinski definition) is 5. The van der Waals surface area contributed by atoms with Crippen LogP contribution in [0.5, 0.6) is 11.5 Å². The molecule has 0 saturated heterocycles. The summed E-state index contributed by atoms with van der Waals surface area (Å²) in [7, 11) is 0. The van der Waals surface area contributed by atoms with Crippen molar-refractivity contribution in [1.29, 1.82) is 0 Å². The monoisotopic (exact) mass is 436 g/mol. The van der Waals surface area contributed by atoms with Gasteiger partial charge in [-0.3, -0.25) is 14.4 Å². The lowest BCUT2D eigenvalue weighted by atomic mass is 9.99. The van der Waals surface area contributed by atoms with Crippen molar-refractivity contribution in [2.45, 2.75) is 25.7 Å². The summed E-state index contributed by atoms with van der Waals surface area (Å²) in [4.78, 5) is 37.4. The van der Waals surface area contributed by atoms with Gasteiger partial charge in [0.15, 0.2) is 5.75 Å². The lowest BCUT2D eigenvalue weighted by molar-refractivity contribution is -0.137. The molecule has 31 heavy (non-hydrogen) atoms. The summed E-state index contributed by atoms with van der Waals surface area (Å²) >= 11 is 1.42. The molecule has 2 heterocycles. The molecule has 8 heteroatoms. The van der Waals surface area contributed by atoms with Crippen molar-refractivity contribution < 1.29 is 24.2 Å². The van der Waals surface area contributed by atoms with Gasteiger partial charge in [0.05, 0.1) is 17.7 Å². The minimum Gasteiger partial charge on any atom is -0.481 e. The first-order valence-corrected chi connectivity index (χ1v) is 10.6. The van der Waals surface area contributed by atoms with Crippen LogP contribution in [0, 0.1) is 6.92 Å². The van der Waals surface area contributed by atoms with E-state index in [1.807, 2.05) is 36.6 Å². The predicted octanol–water partition coefficient (Wildman–Crippen LogP) is 5.00. The minimum absolute atomic E-state index is 0.0251. The first-order valence-electron chi connectivity index (χ1n) is 9.68. The van der Waals surface area contributed by atoms with Gasteiger partial charge in [-0.15, -0.1) is 11.3 Å². The zero-order valence-corrected chi connectivity index (χ0v) is 17.5. The Bertz CT molecular complexity index is 1160. The van der Waals surface area contributed by atoms with Crippen LogP contribution < -0.4 is 15.4 Å². The van der Waals surface area contributed by atoms with E-state index in [0.717, 1.165) is 10.4 Å². The van der Waals surface area contributed by atoms with Crippen molar-refractivity contribution in [2.75, 3.05) is 10.6 Å². The van der Waals surface area contributed by atoms with Gasteiger partial charge in [-0.25, -0.2) is 0 Å². The van der Waals surface area contributed by atoms with E-state index in [2.05, 4.69) is 10.6 Å². The molecule has 1 aliphatic heterocycles. The maximum Gasteiger partial charge on any atom is 0.304 e. The van der Waals surface area contributed by atoms with Crippen LogP contribution in [0.1, 0.15) is 39.6 Å². The average molecular weight is 436 g/mol. The van der Waals surface area contributed by atoms with Crippen molar-refractivity contribution >= 4 is 40.5 Å². The number of benzene rings is 2. The average Bonchev–Trinajstić information content (AvgIpc) is 3.20. The first-order chi connectivity index (χ1) is 14.9. The van der Waals surface area contributed by atoms with Crippen LogP contribution in [-0.4, -0.2) is 22.9 Å². The van der Waals surface area contributed by atoms with Gasteiger partial charge in [-0.1, -0.05) is 12.1 Å². The van der Waals surface area contributed by atoms with Crippen LogP contribution in [0.4, 0.5) is 11.4 Å². The fourth-order valence-corrected chi connectivity index (χ4v) is 4.29. The second-order valence-corrected chi connectivity index (χ2v) is 8.31. The SMILES string of the molecule is Cc1ccc2c(c1)NC(=O)c1cc(NC(=O)C[C@@H](CC(=O)O)c3cccs3)ccc1O2. The molecule has 0 fully saturated rings. The molecule has 2 aromatic carbocycles. The van der Waals surface area contributed by atoms with Gasteiger partial charge in [0.1, 0.15) is 5.75 Å². The molecule has 3 aromatic rings. The number of carbonyl (C=O) groups is 3. The van der Waals surface area contributed by atoms with Crippen molar-refractivity contribution in [2.24, 2.45) is 0 Å². The van der Waals surface area contributed by atoms with E-state index in [4.69, 9.17) is 4.74 Å². The van der Waals surface area contributed by atoms with Gasteiger partial charge in [0.25, 0.3) is 5.91 Å². The molecule has 1 atom stereocenters. The number of fused-ring (bicyclic) bond motifs is 2. The van der Waals surface area contributed by atoms with Crippen molar-refractivity contribution in [3.05, 3.63) is 69.9 Å². The van der Waals surface area contributed by atoms with Crippen molar-refractivity contribution in [1.82, 2.24) is 0 Å². The Hall–Kier alpha value is -3.65. The lowest BCUT2D eigenvalue weighted by Gasteiger charge is -2.14. The molecule has 1 aromatic heterocycles. The number of aliphatic carboxylic acids is 1. The van der Waals surface area contributed by atoms with Crippen LogP contribution in [0.25, 0.3) is 0 Å². The summed E-state index contributed by atoms with van der Waals surface area (Å²) in [5.74, 6) is -1.10. The number of nitrogens with one attached hydrogen (secondary N) is 2. The number of thiophene rings is 1. The third kappa shape index (κ3) is 4.75. The standard InChI is InChI=1S/C23H20N2O5S/c1-13-4-6-19-17(9-13)25-23(29)16-12-15(5-7-18(16)30-19)24-21(26)10-14(11-22(27)28)20-3-2-8-31-20/h2-9,12,14H,10-11H2,1H3,(H,24,26)(H,25,29)(H,27,28)/t14-/m0/s1. The van der Waals surface area contributed by atoms with Gasteiger partial charge in [0.2, 0.25) is 5.91 Å². The van der Waals surface area contributed by atoms with E-state index in [0.29, 0.717) is 28.4 Å². The van der Waals surface area contributed by atoms with Crippen LogP contribution in [0.15, 0.2) is 53.9 Å². The van der Waals surface area contributed by atoms with Gasteiger partial charge in [-0.05, 0) is 54.3 Å². The molecule has 7 nitrogen and oxygen atoms in total. The molecule has 0 unspecified atom stereocenters. The summed E-state index contributed by atoms with van der Waals surface area (Å²) in [6.45, 7) is 1.92. The van der Waals surface area contributed by atoms with Crippen LogP contribution >= 0.6 is 11.3 Å². The largest absolute Gasteiger partial charge is 0.481 e. The third-order valence-electron chi connectivity index (χ3n) is 4.91. The molecule has 1 aliphatic rings. The predicted molar refractivity (Wildman–Crippen MR) is 118 cm³/mol. The normalized spacial score (nSPS) is 13.1. The molecule has 3 N–H and O–H groups in total. The number of hydrogen-bond donors (Lipinski definition) is 3. The van der Waals surface area contributed by atoms with Gasteiger partial charge >= 0.3 is 5.97 Å². The second-order valence-electron chi connectivity index (χ2n) is 7.33. The van der Waals surface area contributed by atoms with E-state index in [1.165, 1.54) is 11.3 Å². The van der Waals surface area contributed by atoms with Gasteiger partial charge in [-0.2, -0.15) is 0 Å². The van der Waals surface area contributed by atoms with E-state index in [9.17, 15) is 19.5 Å². The highest BCUT2D eigenvalue weighted by Gasteiger charge is 2.23. The maximum absolute atomic E-state index is 12.7. The molecule has 0 saturated carbocycles. The van der Waals surface area contributed by atoms with Crippen LogP contribution in [0.3, 0.4) is 0 Å². The van der Waals surface area contributed by atoms with E-state index >= 15 is 0 Å². The highest BCUT2D eigenvalue weighted by Crippen LogP contribution is 2.37. The smallest absolute Gasteiger partial charge is 0.304 e. The molecule has 0 bridgehead atoms. The summed E-state index contributed by atoms with van der Waals surface area (Å²) < 4.78 is 5.89. The summed E-state index contributed by atoms with van der Waals surface area (Å²) in [6, 6.07) is 14.0. The first kappa shape index (κ1) is 20.6. The summed E-state index contributed by atoms with van der Waals surface area (Å²) in [6.07, 6.45) is -0.108. The molecule has 4 rings (SSSR count). The Morgan fingerprint density at radius 3 is 2.68 bits per heavy atom. The Labute approximate surface area is 182 Å². The molecule has 158 valence electrons. The number of aryl methyl sites for hydroxylation is 1. The van der Waals surface area contributed by atoms with Crippen LogP contribution in [0.2, 0.25) is 0 Å². The number of ether oxygens (including phenoxy) is 1. The molecule has 0 spiro atoms. The number of carboxylic acids is 1. The molecular weight excluding hydrogens is 416 g/mol. The lowest BCUT2D eigenvalue weighted by Crippen LogP contribution is -2.18. The zero-order chi connectivity index (χ0) is 22.0. The van der Waals surface area contributed by atoms with E-state index < -0.39 is 11.9 Å². The van der Waals surface area contributed by atoms with E-state index in [-0.39, 0.29) is 24.7 Å². The Morgan fingerprint density at radius 1 is 1.13 bits per heavy atom. The number of carboxylic acid groups (broad SMARTS) is 1. The highest BCUT2D eigenvalue weighted by molar-refractivity contribution is 7.10. The molecule has 0 aliphatic carbocycles. The molecular formula is C23H20N2O5S. The molecule has 0 radical (unpaired) electrons. The minimum atomic E-state index is -0.958. The van der Waals surface area contributed by atoms with Crippen molar-refractivity contribution in [3.63, 3.8) is 0 Å². The summed E-state index contributed by atoms with van der Waals surface area (Å²) in [5.41, 5.74) is 2.30. The summed E-state index contributed by atoms with van der Waals surface area (Å²) in [5, 5.41) is 16.6. The fourth-order valence-electron chi connectivity index (χ4n) is 3.46. The van der Waals surface area contributed by atoms with Gasteiger partial charge in [0, 0.05) is 22.9 Å². The maximum atomic E-state index is 12.7.